The molecule has 1 atom stereocenters. The number of aliphatic hydroxyl groups is 1. The average Bonchev–Trinajstić information content (AvgIpc) is 2.89. The Morgan fingerprint density at radius 2 is 2.00 bits per heavy atom. The lowest BCUT2D eigenvalue weighted by Gasteiger charge is -2.28. The van der Waals surface area contributed by atoms with Crippen molar-refractivity contribution < 1.29 is 23.8 Å². The molecule has 6 nitrogen and oxygen atoms in total. The van der Waals surface area contributed by atoms with Gasteiger partial charge in [0.1, 0.15) is 17.7 Å². The van der Waals surface area contributed by atoms with Crippen molar-refractivity contribution in [2.75, 3.05) is 36.0 Å². The largest absolute Gasteiger partial charge is 0.441 e. The van der Waals surface area contributed by atoms with E-state index < -0.39 is 18.0 Å². The van der Waals surface area contributed by atoms with Crippen molar-refractivity contribution in [2.24, 2.45) is 0 Å². The van der Waals surface area contributed by atoms with Gasteiger partial charge in [-0.2, -0.15) is 0 Å². The van der Waals surface area contributed by atoms with Gasteiger partial charge >= 0.3 is 6.09 Å². The number of Topliss-reactive ketones (excluding diaryl/α,β-unsaturated/α-hetero) is 1. The van der Waals surface area contributed by atoms with Gasteiger partial charge in [-0.15, -0.1) is 0 Å². The fourth-order valence-electron chi connectivity index (χ4n) is 2.74. The number of ketones is 1. The van der Waals surface area contributed by atoms with E-state index in [1.165, 1.54) is 11.0 Å². The number of carbonyl (C=O) groups excluding carboxylic acids is 2. The molecule has 3 rings (SSSR count). The minimum atomic E-state index is -0.588. The zero-order chi connectivity index (χ0) is 15.7. The quantitative estimate of drug-likeness (QED) is 0.912. The van der Waals surface area contributed by atoms with Crippen molar-refractivity contribution in [3.8, 4) is 0 Å². The zero-order valence-electron chi connectivity index (χ0n) is 12.0. The molecule has 2 aliphatic rings. The summed E-state index contributed by atoms with van der Waals surface area (Å²) in [5.41, 5.74) is 0.831. The number of halogens is 1. The number of aliphatic hydroxyl groups excluding tert-OH is 1. The third kappa shape index (κ3) is 2.76. The highest BCUT2D eigenvalue weighted by molar-refractivity contribution is 5.90. The molecule has 7 heteroatoms. The first kappa shape index (κ1) is 14.8. The number of nitrogens with zero attached hydrogens (tertiary/aromatic N) is 2. The molecular formula is C15H17FN2O4. The van der Waals surface area contributed by atoms with Crippen molar-refractivity contribution in [1.29, 1.82) is 0 Å². The molecule has 1 amide bonds. The number of carbonyl (C=O) groups is 2. The van der Waals surface area contributed by atoms with Gasteiger partial charge in [0.15, 0.2) is 0 Å². The number of hydrogen-bond donors (Lipinski definition) is 1. The number of anilines is 2. The van der Waals surface area contributed by atoms with Crippen molar-refractivity contribution >= 4 is 23.3 Å². The summed E-state index contributed by atoms with van der Waals surface area (Å²) >= 11 is 0. The molecule has 1 aromatic carbocycles. The van der Waals surface area contributed by atoms with Crippen LogP contribution >= 0.6 is 0 Å². The van der Waals surface area contributed by atoms with Crippen molar-refractivity contribution in [1.82, 2.24) is 0 Å². The van der Waals surface area contributed by atoms with E-state index in [4.69, 9.17) is 9.84 Å². The van der Waals surface area contributed by atoms with E-state index in [1.807, 2.05) is 4.90 Å². The molecule has 0 aliphatic carbocycles. The molecule has 1 N–H and O–H groups in total. The Balaban J connectivity index is 1.78. The first-order valence-corrected chi connectivity index (χ1v) is 7.23. The van der Waals surface area contributed by atoms with Crippen LogP contribution in [0.4, 0.5) is 20.6 Å². The number of hydrogen-bond acceptors (Lipinski definition) is 5. The number of ether oxygens (including phenoxy) is 1. The van der Waals surface area contributed by atoms with Gasteiger partial charge in [-0.25, -0.2) is 9.18 Å². The molecule has 118 valence electrons. The number of piperidine rings is 1. The Morgan fingerprint density at radius 1 is 1.27 bits per heavy atom. The summed E-state index contributed by atoms with van der Waals surface area (Å²) in [7, 11) is 0. The van der Waals surface area contributed by atoms with E-state index in [0.717, 1.165) is 0 Å². The lowest BCUT2D eigenvalue weighted by molar-refractivity contribution is -0.119. The maximum absolute atomic E-state index is 14.3. The fraction of sp³-hybridized carbons (Fsp3) is 0.467. The van der Waals surface area contributed by atoms with Crippen LogP contribution in [0.2, 0.25) is 0 Å². The molecule has 1 aromatic rings. The summed E-state index contributed by atoms with van der Waals surface area (Å²) in [6, 6.07) is 4.54. The normalized spacial score (nSPS) is 22.2. The smallest absolute Gasteiger partial charge is 0.414 e. The highest BCUT2D eigenvalue weighted by Crippen LogP contribution is 2.29. The molecule has 2 aliphatic heterocycles. The van der Waals surface area contributed by atoms with E-state index >= 15 is 0 Å². The second-order valence-corrected chi connectivity index (χ2v) is 5.46. The second-order valence-electron chi connectivity index (χ2n) is 5.46. The number of amides is 1. The first-order valence-electron chi connectivity index (χ1n) is 7.23. The van der Waals surface area contributed by atoms with Gasteiger partial charge in [-0.3, -0.25) is 9.69 Å². The van der Waals surface area contributed by atoms with Gasteiger partial charge in [-0.1, -0.05) is 0 Å². The van der Waals surface area contributed by atoms with Gasteiger partial charge in [-0.05, 0) is 18.2 Å². The molecule has 0 aromatic heterocycles. The second kappa shape index (κ2) is 5.92. The predicted octanol–water partition coefficient (Wildman–Crippen LogP) is 1.31. The van der Waals surface area contributed by atoms with Crippen molar-refractivity contribution in [3.05, 3.63) is 24.0 Å². The number of cyclic esters (lactones) is 1. The van der Waals surface area contributed by atoms with Gasteiger partial charge in [0.25, 0.3) is 0 Å². The Morgan fingerprint density at radius 3 is 2.59 bits per heavy atom. The van der Waals surface area contributed by atoms with E-state index in [0.29, 0.717) is 37.3 Å². The van der Waals surface area contributed by atoms with Crippen LogP contribution in [0.1, 0.15) is 12.8 Å². The molecule has 0 saturated carbocycles. The van der Waals surface area contributed by atoms with E-state index in [1.54, 1.807) is 12.1 Å². The average molecular weight is 308 g/mol. The van der Waals surface area contributed by atoms with Gasteiger partial charge < -0.3 is 14.7 Å². The maximum Gasteiger partial charge on any atom is 0.414 e. The number of benzene rings is 1. The maximum atomic E-state index is 14.3. The van der Waals surface area contributed by atoms with Crippen LogP contribution in [0.15, 0.2) is 18.2 Å². The Bertz CT molecular complexity index is 597. The van der Waals surface area contributed by atoms with Crippen LogP contribution in [-0.4, -0.2) is 49.3 Å². The van der Waals surface area contributed by atoms with E-state index in [9.17, 15) is 14.0 Å². The molecule has 2 saturated heterocycles. The summed E-state index contributed by atoms with van der Waals surface area (Å²) in [5.74, 6) is -0.241. The standard InChI is InChI=1S/C15H17FN2O4/c16-13-7-10(18-8-12(9-19)22-15(18)21)1-2-14(13)17-5-3-11(20)4-6-17/h1-2,7,12,19H,3-6,8-9H2/t12-/m1/s1. The van der Waals surface area contributed by atoms with Gasteiger partial charge in [0, 0.05) is 25.9 Å². The first-order chi connectivity index (χ1) is 10.6. The fourth-order valence-corrected chi connectivity index (χ4v) is 2.74. The molecule has 0 radical (unpaired) electrons. The molecule has 0 bridgehead atoms. The summed E-state index contributed by atoms with van der Waals surface area (Å²) in [6.45, 7) is 0.956. The molecular weight excluding hydrogens is 291 g/mol. The van der Waals surface area contributed by atoms with Crippen molar-refractivity contribution in [2.45, 2.75) is 18.9 Å². The lowest BCUT2D eigenvalue weighted by atomic mass is 10.1. The topological polar surface area (TPSA) is 70.1 Å². The molecule has 22 heavy (non-hydrogen) atoms. The van der Waals surface area contributed by atoms with Gasteiger partial charge in [0.2, 0.25) is 0 Å². The van der Waals surface area contributed by atoms with Gasteiger partial charge in [0.05, 0.1) is 24.5 Å². The minimum Gasteiger partial charge on any atom is -0.441 e. The van der Waals surface area contributed by atoms with E-state index in [2.05, 4.69) is 0 Å². The predicted molar refractivity (Wildman–Crippen MR) is 77.6 cm³/mol. The lowest BCUT2D eigenvalue weighted by Crippen LogP contribution is -2.34. The van der Waals surface area contributed by atoms with Crippen LogP contribution < -0.4 is 9.80 Å². The zero-order valence-corrected chi connectivity index (χ0v) is 12.0. The van der Waals surface area contributed by atoms with Crippen LogP contribution in [0.5, 0.6) is 0 Å². The summed E-state index contributed by atoms with van der Waals surface area (Å²) in [4.78, 5) is 26.1. The molecule has 0 spiro atoms. The third-order valence-electron chi connectivity index (χ3n) is 3.98. The molecule has 2 fully saturated rings. The van der Waals surface area contributed by atoms with Crippen LogP contribution in [0, 0.1) is 5.82 Å². The minimum absolute atomic E-state index is 0.197. The third-order valence-corrected chi connectivity index (χ3v) is 3.98. The SMILES string of the molecule is O=C1CCN(c2ccc(N3C[C@H](CO)OC3=O)cc2F)CC1. The highest BCUT2D eigenvalue weighted by atomic mass is 19.1. The van der Waals surface area contributed by atoms with E-state index in [-0.39, 0.29) is 18.9 Å². The molecule has 2 heterocycles. The number of rotatable bonds is 3. The summed E-state index contributed by atoms with van der Waals surface area (Å²) in [6.07, 6.45) is -0.312. The summed E-state index contributed by atoms with van der Waals surface area (Å²) in [5, 5.41) is 9.03. The highest BCUT2D eigenvalue weighted by Gasteiger charge is 2.32. The van der Waals surface area contributed by atoms with Crippen LogP contribution in [0.3, 0.4) is 0 Å². The van der Waals surface area contributed by atoms with Crippen LogP contribution in [-0.2, 0) is 9.53 Å². The summed E-state index contributed by atoms with van der Waals surface area (Å²) < 4.78 is 19.3. The van der Waals surface area contributed by atoms with Crippen LogP contribution in [0.25, 0.3) is 0 Å². The molecule has 0 unspecified atom stereocenters. The Kier molecular flexibility index (Phi) is 3.98. The monoisotopic (exact) mass is 308 g/mol. The Labute approximate surface area is 127 Å². The van der Waals surface area contributed by atoms with Crippen molar-refractivity contribution in [3.63, 3.8) is 0 Å². The Hall–Kier alpha value is -2.15.